The summed E-state index contributed by atoms with van der Waals surface area (Å²) in [6.45, 7) is 0.739. The molecule has 25 heavy (non-hydrogen) atoms. The molecule has 0 unspecified atom stereocenters. The lowest BCUT2D eigenvalue weighted by Crippen LogP contribution is -2.33. The monoisotopic (exact) mass is 354 g/mol. The molecule has 0 bridgehead atoms. The normalized spacial score (nSPS) is 16.1. The molecule has 0 atom stereocenters. The van der Waals surface area contributed by atoms with E-state index >= 15 is 0 Å². The van der Waals surface area contributed by atoms with Crippen LogP contribution in [-0.4, -0.2) is 29.1 Å². The Morgan fingerprint density at radius 3 is 2.52 bits per heavy atom. The van der Waals surface area contributed by atoms with E-state index in [9.17, 15) is 18.0 Å². The predicted molar refractivity (Wildman–Crippen MR) is 83.9 cm³/mol. The van der Waals surface area contributed by atoms with Crippen molar-refractivity contribution < 1.29 is 22.6 Å². The lowest BCUT2D eigenvalue weighted by atomic mass is 10.1. The molecule has 0 saturated carbocycles. The molecule has 134 valence electrons. The Morgan fingerprint density at radius 2 is 1.88 bits per heavy atom. The maximum Gasteiger partial charge on any atom is 0.421 e. The summed E-state index contributed by atoms with van der Waals surface area (Å²) in [5.74, 6) is 0. The second-order valence-electron chi connectivity index (χ2n) is 5.72. The van der Waals surface area contributed by atoms with Gasteiger partial charge in [0.25, 0.3) is 5.56 Å². The van der Waals surface area contributed by atoms with Gasteiger partial charge < -0.3 is 9.47 Å². The van der Waals surface area contributed by atoms with Crippen LogP contribution >= 0.6 is 0 Å². The minimum atomic E-state index is -4.76. The van der Waals surface area contributed by atoms with Crippen LogP contribution in [0.3, 0.4) is 0 Å². The first kappa shape index (κ1) is 17.6. The van der Waals surface area contributed by atoms with Gasteiger partial charge >= 0.3 is 6.18 Å². The lowest BCUT2D eigenvalue weighted by Gasteiger charge is -2.22. The molecule has 1 fully saturated rings. The van der Waals surface area contributed by atoms with Gasteiger partial charge in [0.05, 0.1) is 11.8 Å². The molecular formula is C17H17F3N2O3. The van der Waals surface area contributed by atoms with Crippen LogP contribution in [0.2, 0.25) is 0 Å². The zero-order valence-electron chi connectivity index (χ0n) is 13.3. The SMILES string of the molecule is O=c1c(C(F)(F)F)cc(-c2ccccc2)nn1COC1CCOCC1. The van der Waals surface area contributed by atoms with Crippen LogP contribution in [0.4, 0.5) is 13.2 Å². The van der Waals surface area contributed by atoms with E-state index in [4.69, 9.17) is 9.47 Å². The summed E-state index contributed by atoms with van der Waals surface area (Å²) < 4.78 is 51.2. The van der Waals surface area contributed by atoms with Crippen molar-refractivity contribution in [2.24, 2.45) is 0 Å². The number of hydrogen-bond donors (Lipinski definition) is 0. The summed E-state index contributed by atoms with van der Waals surface area (Å²) in [5.41, 5.74) is -1.90. The van der Waals surface area contributed by atoms with Crippen molar-refractivity contribution in [3.63, 3.8) is 0 Å². The van der Waals surface area contributed by atoms with Crippen LogP contribution in [0, 0.1) is 0 Å². The zero-order valence-corrected chi connectivity index (χ0v) is 13.3. The van der Waals surface area contributed by atoms with Crippen LogP contribution in [0.1, 0.15) is 18.4 Å². The minimum absolute atomic E-state index is 0.0723. The minimum Gasteiger partial charge on any atom is -0.381 e. The fourth-order valence-electron chi connectivity index (χ4n) is 2.60. The summed E-state index contributed by atoms with van der Waals surface area (Å²) in [5, 5.41) is 4.05. The average Bonchev–Trinajstić information content (AvgIpc) is 2.61. The number of benzene rings is 1. The van der Waals surface area contributed by atoms with Crippen molar-refractivity contribution in [1.82, 2.24) is 9.78 Å². The molecule has 0 amide bonds. The molecule has 3 rings (SSSR count). The Hall–Kier alpha value is -2.19. The Morgan fingerprint density at radius 1 is 1.20 bits per heavy atom. The van der Waals surface area contributed by atoms with Gasteiger partial charge in [0, 0.05) is 18.8 Å². The molecule has 0 N–H and O–H groups in total. The third-order valence-electron chi connectivity index (χ3n) is 3.95. The van der Waals surface area contributed by atoms with Crippen LogP contribution < -0.4 is 5.56 Å². The van der Waals surface area contributed by atoms with Crippen LogP contribution in [0.15, 0.2) is 41.2 Å². The summed E-state index contributed by atoms with van der Waals surface area (Å²) in [4.78, 5) is 12.1. The van der Waals surface area contributed by atoms with Gasteiger partial charge in [-0.15, -0.1) is 0 Å². The van der Waals surface area contributed by atoms with E-state index in [1.165, 1.54) is 0 Å². The largest absolute Gasteiger partial charge is 0.421 e. The number of hydrogen-bond acceptors (Lipinski definition) is 4. The number of rotatable bonds is 4. The van der Waals surface area contributed by atoms with E-state index in [2.05, 4.69) is 5.10 Å². The average molecular weight is 354 g/mol. The standard InChI is InChI=1S/C17H17F3N2O3/c18-17(19,20)14-10-15(12-4-2-1-3-5-12)21-22(16(14)23)11-25-13-6-8-24-9-7-13/h1-5,10,13H,6-9,11H2. The van der Waals surface area contributed by atoms with Crippen molar-refractivity contribution in [2.45, 2.75) is 31.9 Å². The topological polar surface area (TPSA) is 53.4 Å². The first-order valence-electron chi connectivity index (χ1n) is 7.89. The highest BCUT2D eigenvalue weighted by Gasteiger charge is 2.35. The Bertz CT molecular complexity index is 769. The molecule has 0 spiro atoms. The summed E-state index contributed by atoms with van der Waals surface area (Å²) in [7, 11) is 0. The molecule has 2 heterocycles. The molecule has 0 radical (unpaired) electrons. The van der Waals surface area contributed by atoms with Gasteiger partial charge in [-0.25, -0.2) is 4.68 Å². The summed E-state index contributed by atoms with van der Waals surface area (Å²) in [6, 6.07) is 9.19. The van der Waals surface area contributed by atoms with Crippen molar-refractivity contribution in [1.29, 1.82) is 0 Å². The second-order valence-corrected chi connectivity index (χ2v) is 5.72. The van der Waals surface area contributed by atoms with E-state index in [-0.39, 0.29) is 18.5 Å². The maximum atomic E-state index is 13.2. The maximum absolute atomic E-state index is 13.2. The quantitative estimate of drug-likeness (QED) is 0.847. The summed E-state index contributed by atoms with van der Waals surface area (Å²) in [6.07, 6.45) is -3.64. The number of halogens is 3. The molecular weight excluding hydrogens is 337 g/mol. The van der Waals surface area contributed by atoms with Gasteiger partial charge in [-0.1, -0.05) is 30.3 Å². The van der Waals surface area contributed by atoms with E-state index in [1.54, 1.807) is 30.3 Å². The van der Waals surface area contributed by atoms with E-state index < -0.39 is 17.3 Å². The van der Waals surface area contributed by atoms with Gasteiger partial charge in [0.2, 0.25) is 0 Å². The van der Waals surface area contributed by atoms with E-state index in [0.717, 1.165) is 10.7 Å². The lowest BCUT2D eigenvalue weighted by molar-refractivity contribution is -0.139. The highest BCUT2D eigenvalue weighted by Crippen LogP contribution is 2.28. The van der Waals surface area contributed by atoms with Crippen molar-refractivity contribution >= 4 is 0 Å². The van der Waals surface area contributed by atoms with Gasteiger partial charge in [0.1, 0.15) is 12.3 Å². The molecule has 1 aromatic carbocycles. The van der Waals surface area contributed by atoms with Crippen molar-refractivity contribution in [3.8, 4) is 11.3 Å². The first-order valence-corrected chi connectivity index (χ1v) is 7.89. The third kappa shape index (κ3) is 4.26. The smallest absolute Gasteiger partial charge is 0.381 e. The van der Waals surface area contributed by atoms with Crippen LogP contribution in [0.25, 0.3) is 11.3 Å². The van der Waals surface area contributed by atoms with Crippen molar-refractivity contribution in [2.75, 3.05) is 13.2 Å². The fourth-order valence-corrected chi connectivity index (χ4v) is 2.60. The van der Waals surface area contributed by atoms with Crippen LogP contribution in [0.5, 0.6) is 0 Å². The molecule has 1 aliphatic heterocycles. The molecule has 8 heteroatoms. The Kier molecular flexibility index (Phi) is 5.19. The Labute approximate surface area is 142 Å². The van der Waals surface area contributed by atoms with E-state index in [0.29, 0.717) is 31.6 Å². The molecule has 1 aromatic heterocycles. The molecule has 2 aromatic rings. The van der Waals surface area contributed by atoms with Gasteiger partial charge in [-0.05, 0) is 18.9 Å². The number of ether oxygens (including phenoxy) is 2. The second kappa shape index (κ2) is 7.37. The highest BCUT2D eigenvalue weighted by molar-refractivity contribution is 5.59. The number of nitrogens with zero attached hydrogens (tertiary/aromatic N) is 2. The number of aromatic nitrogens is 2. The third-order valence-corrected chi connectivity index (χ3v) is 3.95. The fraction of sp³-hybridized carbons (Fsp3) is 0.412. The van der Waals surface area contributed by atoms with Gasteiger partial charge in [0.15, 0.2) is 0 Å². The molecule has 1 saturated heterocycles. The van der Waals surface area contributed by atoms with Crippen molar-refractivity contribution in [3.05, 3.63) is 52.3 Å². The zero-order chi connectivity index (χ0) is 17.9. The predicted octanol–water partition coefficient (Wildman–Crippen LogP) is 3.08. The highest BCUT2D eigenvalue weighted by atomic mass is 19.4. The van der Waals surface area contributed by atoms with Crippen LogP contribution in [-0.2, 0) is 22.4 Å². The molecule has 0 aliphatic carbocycles. The Balaban J connectivity index is 1.94. The van der Waals surface area contributed by atoms with E-state index in [1.807, 2.05) is 0 Å². The molecule has 5 nitrogen and oxygen atoms in total. The molecule has 1 aliphatic rings. The number of alkyl halides is 3. The van der Waals surface area contributed by atoms with Gasteiger partial charge in [-0.2, -0.15) is 18.3 Å². The van der Waals surface area contributed by atoms with Gasteiger partial charge in [-0.3, -0.25) is 4.79 Å². The first-order chi connectivity index (χ1) is 11.9. The summed E-state index contributed by atoms with van der Waals surface area (Å²) >= 11 is 0.